The molecular weight excluding hydrogens is 384 g/mol. The molecule has 0 aromatic heterocycles. The number of ether oxygens (including phenoxy) is 1. The first-order valence-corrected chi connectivity index (χ1v) is 8.23. The number of anilines is 1. The van der Waals surface area contributed by atoms with Crippen LogP contribution in [0.4, 0.5) is 5.69 Å². The zero-order valence-corrected chi connectivity index (χ0v) is 15.0. The Hall–Kier alpha value is -2.91. The van der Waals surface area contributed by atoms with Crippen molar-refractivity contribution in [2.24, 2.45) is 0 Å². The lowest BCUT2D eigenvalue weighted by Crippen LogP contribution is -2.29. The number of carbonyl (C=O) groups excluding carboxylic acids is 2. The SMILES string of the molecule is C[C@H](OC(=O)/C=C/c1cccc(Br)c1)C(=O)Nc1ccccc1C#N. The van der Waals surface area contributed by atoms with Crippen LogP contribution >= 0.6 is 15.9 Å². The Labute approximate surface area is 154 Å². The van der Waals surface area contributed by atoms with Crippen LogP contribution in [0.25, 0.3) is 6.08 Å². The molecule has 0 saturated heterocycles. The molecule has 2 rings (SSSR count). The largest absolute Gasteiger partial charge is 0.449 e. The van der Waals surface area contributed by atoms with Gasteiger partial charge in [-0.25, -0.2) is 4.79 Å². The van der Waals surface area contributed by atoms with Gasteiger partial charge in [0.1, 0.15) is 6.07 Å². The number of hydrogen-bond donors (Lipinski definition) is 1. The van der Waals surface area contributed by atoms with Gasteiger partial charge in [-0.2, -0.15) is 5.26 Å². The number of amides is 1. The van der Waals surface area contributed by atoms with Gasteiger partial charge in [-0.1, -0.05) is 40.2 Å². The number of benzene rings is 2. The van der Waals surface area contributed by atoms with Crippen LogP contribution in [0.5, 0.6) is 0 Å². The van der Waals surface area contributed by atoms with Gasteiger partial charge in [0.25, 0.3) is 5.91 Å². The third kappa shape index (κ3) is 5.59. The number of rotatable bonds is 5. The van der Waals surface area contributed by atoms with Crippen molar-refractivity contribution in [3.05, 3.63) is 70.2 Å². The summed E-state index contributed by atoms with van der Waals surface area (Å²) in [6.45, 7) is 1.47. The van der Waals surface area contributed by atoms with Crippen molar-refractivity contribution in [2.45, 2.75) is 13.0 Å². The number of nitrogens with one attached hydrogen (secondary N) is 1. The Bertz CT molecular complexity index is 856. The average Bonchev–Trinajstić information content (AvgIpc) is 2.60. The lowest BCUT2D eigenvalue weighted by molar-refractivity contribution is -0.148. The van der Waals surface area contributed by atoms with E-state index in [0.717, 1.165) is 10.0 Å². The number of nitriles is 1. The first-order valence-electron chi connectivity index (χ1n) is 7.44. The Morgan fingerprint density at radius 3 is 2.72 bits per heavy atom. The van der Waals surface area contributed by atoms with E-state index in [0.29, 0.717) is 11.3 Å². The van der Waals surface area contributed by atoms with E-state index in [1.165, 1.54) is 13.0 Å². The predicted molar refractivity (Wildman–Crippen MR) is 98.5 cm³/mol. The summed E-state index contributed by atoms with van der Waals surface area (Å²) in [6.07, 6.45) is 1.86. The van der Waals surface area contributed by atoms with E-state index >= 15 is 0 Å². The van der Waals surface area contributed by atoms with Crippen LogP contribution in [-0.2, 0) is 14.3 Å². The molecule has 0 heterocycles. The topological polar surface area (TPSA) is 79.2 Å². The maximum atomic E-state index is 12.1. The second-order valence-electron chi connectivity index (χ2n) is 5.11. The van der Waals surface area contributed by atoms with Crippen molar-refractivity contribution in [3.8, 4) is 6.07 Å². The highest BCUT2D eigenvalue weighted by atomic mass is 79.9. The lowest BCUT2D eigenvalue weighted by Gasteiger charge is -2.13. The molecule has 0 aliphatic rings. The molecule has 0 saturated carbocycles. The fourth-order valence-corrected chi connectivity index (χ4v) is 2.38. The van der Waals surface area contributed by atoms with Gasteiger partial charge < -0.3 is 10.1 Å². The molecule has 0 unspecified atom stereocenters. The van der Waals surface area contributed by atoms with Gasteiger partial charge in [-0.05, 0) is 42.8 Å². The molecular formula is C19H15BrN2O3. The Morgan fingerprint density at radius 2 is 2.00 bits per heavy atom. The Balaban J connectivity index is 1.94. The molecule has 25 heavy (non-hydrogen) atoms. The molecule has 1 atom stereocenters. The maximum Gasteiger partial charge on any atom is 0.331 e. The summed E-state index contributed by atoms with van der Waals surface area (Å²) in [5.41, 5.74) is 1.54. The maximum absolute atomic E-state index is 12.1. The van der Waals surface area contributed by atoms with Crippen LogP contribution in [0.15, 0.2) is 59.1 Å². The smallest absolute Gasteiger partial charge is 0.331 e. The molecule has 6 heteroatoms. The minimum atomic E-state index is -0.994. The zero-order chi connectivity index (χ0) is 18.2. The first-order chi connectivity index (χ1) is 12.0. The molecule has 0 fully saturated rings. The van der Waals surface area contributed by atoms with Crippen LogP contribution in [-0.4, -0.2) is 18.0 Å². The quantitative estimate of drug-likeness (QED) is 0.611. The van der Waals surface area contributed by atoms with Crippen molar-refractivity contribution < 1.29 is 14.3 Å². The molecule has 2 aromatic carbocycles. The third-order valence-electron chi connectivity index (χ3n) is 3.23. The summed E-state index contributed by atoms with van der Waals surface area (Å²) in [7, 11) is 0. The second-order valence-corrected chi connectivity index (χ2v) is 6.03. The van der Waals surface area contributed by atoms with Gasteiger partial charge in [0.05, 0.1) is 11.3 Å². The molecule has 1 N–H and O–H groups in total. The van der Waals surface area contributed by atoms with E-state index in [1.54, 1.807) is 30.3 Å². The van der Waals surface area contributed by atoms with Crippen molar-refractivity contribution >= 4 is 39.6 Å². The molecule has 0 spiro atoms. The zero-order valence-electron chi connectivity index (χ0n) is 13.4. The van der Waals surface area contributed by atoms with Crippen LogP contribution < -0.4 is 5.32 Å². The highest BCUT2D eigenvalue weighted by Gasteiger charge is 2.17. The molecule has 126 valence electrons. The van der Waals surface area contributed by atoms with Crippen molar-refractivity contribution in [2.75, 3.05) is 5.32 Å². The van der Waals surface area contributed by atoms with Gasteiger partial charge in [-0.15, -0.1) is 0 Å². The Morgan fingerprint density at radius 1 is 1.24 bits per heavy atom. The van der Waals surface area contributed by atoms with Crippen LogP contribution in [0.3, 0.4) is 0 Å². The second kappa shape index (κ2) is 8.81. The molecule has 0 radical (unpaired) electrons. The molecule has 2 aromatic rings. The molecule has 0 aliphatic heterocycles. The Kier molecular flexibility index (Phi) is 6.49. The fraction of sp³-hybridized carbons (Fsp3) is 0.105. The monoisotopic (exact) mass is 398 g/mol. The number of esters is 1. The summed E-state index contributed by atoms with van der Waals surface area (Å²) in [6, 6.07) is 16.0. The average molecular weight is 399 g/mol. The van der Waals surface area contributed by atoms with Gasteiger partial charge in [-0.3, -0.25) is 4.79 Å². The van der Waals surface area contributed by atoms with E-state index in [9.17, 15) is 9.59 Å². The predicted octanol–water partition coefficient (Wildman–Crippen LogP) is 3.90. The highest BCUT2D eigenvalue weighted by molar-refractivity contribution is 9.10. The van der Waals surface area contributed by atoms with Gasteiger partial charge in [0.15, 0.2) is 6.10 Å². The number of hydrogen-bond acceptors (Lipinski definition) is 4. The summed E-state index contributed by atoms with van der Waals surface area (Å²) in [4.78, 5) is 23.9. The van der Waals surface area contributed by atoms with Crippen LogP contribution in [0, 0.1) is 11.3 Å². The standard InChI is InChI=1S/C19H15BrN2O3/c1-13(19(24)22-17-8-3-2-6-15(17)12-21)25-18(23)10-9-14-5-4-7-16(20)11-14/h2-11,13H,1H3,(H,22,24)/b10-9+/t13-/m0/s1. The van der Waals surface area contributed by atoms with Crippen LogP contribution in [0.2, 0.25) is 0 Å². The summed E-state index contributed by atoms with van der Waals surface area (Å²) in [5, 5.41) is 11.6. The van der Waals surface area contributed by atoms with E-state index in [4.69, 9.17) is 10.00 Å². The number of nitrogens with zero attached hydrogens (tertiary/aromatic N) is 1. The van der Waals surface area contributed by atoms with Gasteiger partial charge in [0, 0.05) is 10.5 Å². The first kappa shape index (κ1) is 18.4. The van der Waals surface area contributed by atoms with Crippen molar-refractivity contribution in [1.29, 1.82) is 5.26 Å². The lowest BCUT2D eigenvalue weighted by atomic mass is 10.2. The molecule has 0 aliphatic carbocycles. The number of para-hydroxylation sites is 1. The number of halogens is 1. The minimum absolute atomic E-state index is 0.337. The van der Waals surface area contributed by atoms with Crippen molar-refractivity contribution in [1.82, 2.24) is 0 Å². The third-order valence-corrected chi connectivity index (χ3v) is 3.72. The summed E-state index contributed by atoms with van der Waals surface area (Å²) >= 11 is 3.35. The summed E-state index contributed by atoms with van der Waals surface area (Å²) < 4.78 is 5.97. The van der Waals surface area contributed by atoms with E-state index in [1.807, 2.05) is 30.3 Å². The van der Waals surface area contributed by atoms with E-state index < -0.39 is 18.0 Å². The molecule has 0 bridgehead atoms. The van der Waals surface area contributed by atoms with E-state index in [-0.39, 0.29) is 0 Å². The van der Waals surface area contributed by atoms with Gasteiger partial charge in [0.2, 0.25) is 0 Å². The summed E-state index contributed by atoms with van der Waals surface area (Å²) in [5.74, 6) is -1.14. The minimum Gasteiger partial charge on any atom is -0.449 e. The number of carbonyl (C=O) groups is 2. The molecule has 5 nitrogen and oxygen atoms in total. The highest BCUT2D eigenvalue weighted by Crippen LogP contribution is 2.15. The fourth-order valence-electron chi connectivity index (χ4n) is 1.97. The van der Waals surface area contributed by atoms with Crippen molar-refractivity contribution in [3.63, 3.8) is 0 Å². The molecule has 1 amide bonds. The van der Waals surface area contributed by atoms with E-state index in [2.05, 4.69) is 21.2 Å². The normalized spacial score (nSPS) is 11.6. The van der Waals surface area contributed by atoms with Crippen LogP contribution in [0.1, 0.15) is 18.1 Å². The van der Waals surface area contributed by atoms with Gasteiger partial charge >= 0.3 is 5.97 Å².